The second kappa shape index (κ2) is 3.99. The van der Waals surface area contributed by atoms with Crippen molar-refractivity contribution < 1.29 is 14.6 Å². The van der Waals surface area contributed by atoms with Crippen molar-refractivity contribution in [3.05, 3.63) is 0 Å². The van der Waals surface area contributed by atoms with Crippen molar-refractivity contribution in [3.63, 3.8) is 0 Å². The molecule has 11 heavy (non-hydrogen) atoms. The van der Waals surface area contributed by atoms with Crippen LogP contribution in [0, 0.1) is 5.92 Å². The molecule has 1 fully saturated rings. The van der Waals surface area contributed by atoms with Crippen molar-refractivity contribution in [2.24, 2.45) is 5.92 Å². The van der Waals surface area contributed by atoms with Gasteiger partial charge in [0.05, 0.1) is 18.9 Å². The van der Waals surface area contributed by atoms with E-state index in [1.807, 2.05) is 0 Å². The van der Waals surface area contributed by atoms with Crippen molar-refractivity contribution in [2.45, 2.75) is 18.6 Å². The number of nitrogens with one attached hydrogen (secondary N) is 1. The van der Waals surface area contributed by atoms with Crippen LogP contribution in [0.4, 0.5) is 4.39 Å². The molecule has 1 aliphatic rings. The number of halogens is 1. The minimum Gasteiger partial charge on any atom is -0.390 e. The zero-order chi connectivity index (χ0) is 8.27. The smallest absolute Gasteiger partial charge is 0.0926 e. The van der Waals surface area contributed by atoms with Gasteiger partial charge in [0.2, 0.25) is 0 Å². The molecule has 3 N–H and O–H groups in total. The van der Waals surface area contributed by atoms with E-state index >= 15 is 0 Å². The second-order valence-corrected chi connectivity index (χ2v) is 2.95. The summed E-state index contributed by atoms with van der Waals surface area (Å²) in [4.78, 5) is 0. The molecule has 0 bridgehead atoms. The van der Waals surface area contributed by atoms with Gasteiger partial charge in [-0.25, -0.2) is 0 Å². The third-order valence-corrected chi connectivity index (χ3v) is 2.12. The monoisotopic (exact) mass is 163 g/mol. The summed E-state index contributed by atoms with van der Waals surface area (Å²) in [6.07, 6.45) is -1.17. The van der Waals surface area contributed by atoms with Crippen LogP contribution in [-0.2, 0) is 0 Å². The Morgan fingerprint density at radius 1 is 1.36 bits per heavy atom. The molecule has 66 valence electrons. The molecule has 1 rings (SSSR count). The van der Waals surface area contributed by atoms with E-state index in [1.165, 1.54) is 0 Å². The molecule has 0 aliphatic carbocycles. The molecule has 0 unspecified atom stereocenters. The summed E-state index contributed by atoms with van der Waals surface area (Å²) < 4.78 is 11.9. The van der Waals surface area contributed by atoms with E-state index in [0.717, 1.165) is 0 Å². The van der Waals surface area contributed by atoms with Crippen molar-refractivity contribution in [2.75, 3.05) is 19.8 Å². The molecular weight excluding hydrogens is 149 g/mol. The first-order chi connectivity index (χ1) is 5.25. The van der Waals surface area contributed by atoms with Crippen LogP contribution in [0.2, 0.25) is 0 Å². The summed E-state index contributed by atoms with van der Waals surface area (Å²) in [5, 5.41) is 21.4. The first kappa shape index (κ1) is 8.90. The van der Waals surface area contributed by atoms with Gasteiger partial charge in [-0.2, -0.15) is 0 Å². The van der Waals surface area contributed by atoms with Gasteiger partial charge in [0.25, 0.3) is 0 Å². The molecule has 0 saturated carbocycles. The van der Waals surface area contributed by atoms with Gasteiger partial charge in [-0.1, -0.05) is 0 Å². The van der Waals surface area contributed by atoms with Gasteiger partial charge in [-0.05, 0) is 6.42 Å². The van der Waals surface area contributed by atoms with Crippen molar-refractivity contribution >= 4 is 0 Å². The van der Waals surface area contributed by atoms with Crippen molar-refractivity contribution in [1.29, 1.82) is 0 Å². The molecule has 0 aromatic carbocycles. The average molecular weight is 163 g/mol. The van der Waals surface area contributed by atoms with E-state index in [9.17, 15) is 9.50 Å². The Balaban J connectivity index is 2.38. The maximum atomic E-state index is 11.9. The van der Waals surface area contributed by atoms with Gasteiger partial charge < -0.3 is 15.5 Å². The first-order valence-corrected chi connectivity index (χ1v) is 3.88. The standard InChI is InChI=1S/C7H14FNO2/c8-2-1-5-3-9-4-6(10)7(5)11/h5-7,9-11H,1-4H2/t5-,6+,7+/m0/s1. The highest BCUT2D eigenvalue weighted by molar-refractivity contribution is 4.83. The van der Waals surface area contributed by atoms with E-state index in [0.29, 0.717) is 19.5 Å². The largest absolute Gasteiger partial charge is 0.390 e. The Labute approximate surface area is 65.2 Å². The third kappa shape index (κ3) is 2.12. The van der Waals surface area contributed by atoms with Crippen LogP contribution in [0.25, 0.3) is 0 Å². The van der Waals surface area contributed by atoms with Crippen LogP contribution in [0.3, 0.4) is 0 Å². The van der Waals surface area contributed by atoms with E-state index in [-0.39, 0.29) is 5.92 Å². The van der Waals surface area contributed by atoms with Crippen LogP contribution in [0.1, 0.15) is 6.42 Å². The summed E-state index contributed by atoms with van der Waals surface area (Å²) >= 11 is 0. The summed E-state index contributed by atoms with van der Waals surface area (Å²) in [6.45, 7) is 0.572. The maximum Gasteiger partial charge on any atom is 0.0926 e. The average Bonchev–Trinajstić information content (AvgIpc) is 1.99. The lowest BCUT2D eigenvalue weighted by molar-refractivity contribution is -0.0382. The predicted octanol–water partition coefficient (Wildman–Crippen LogP) is -0.713. The number of aliphatic hydroxyl groups is 2. The molecule has 3 nitrogen and oxygen atoms in total. The highest BCUT2D eigenvalue weighted by Gasteiger charge is 2.29. The number of β-amino-alcohol motifs (C(OH)–C–C–N with tert-alkyl or cyclic N) is 1. The maximum absolute atomic E-state index is 11.9. The van der Waals surface area contributed by atoms with Gasteiger partial charge in [-0.3, -0.25) is 4.39 Å². The Hall–Kier alpha value is -0.190. The molecule has 0 amide bonds. The van der Waals surface area contributed by atoms with Gasteiger partial charge in [0.1, 0.15) is 0 Å². The molecule has 3 atom stereocenters. The zero-order valence-electron chi connectivity index (χ0n) is 6.33. The highest BCUT2D eigenvalue weighted by Crippen LogP contribution is 2.15. The lowest BCUT2D eigenvalue weighted by Crippen LogP contribution is -2.50. The van der Waals surface area contributed by atoms with Crippen LogP contribution < -0.4 is 5.32 Å². The van der Waals surface area contributed by atoms with Gasteiger partial charge in [0.15, 0.2) is 0 Å². The van der Waals surface area contributed by atoms with E-state index < -0.39 is 18.9 Å². The minimum atomic E-state index is -0.757. The van der Waals surface area contributed by atoms with Gasteiger partial charge in [-0.15, -0.1) is 0 Å². The van der Waals surface area contributed by atoms with Crippen LogP contribution in [0.5, 0.6) is 0 Å². The van der Waals surface area contributed by atoms with E-state index in [2.05, 4.69) is 5.32 Å². The topological polar surface area (TPSA) is 52.5 Å². The predicted molar refractivity (Wildman–Crippen MR) is 39.0 cm³/mol. The summed E-state index contributed by atoms with van der Waals surface area (Å²) in [7, 11) is 0. The molecule has 0 spiro atoms. The number of piperidine rings is 1. The van der Waals surface area contributed by atoms with E-state index in [1.54, 1.807) is 0 Å². The summed E-state index contributed by atoms with van der Waals surface area (Å²) in [5.74, 6) is -0.135. The second-order valence-electron chi connectivity index (χ2n) is 2.95. The Morgan fingerprint density at radius 3 is 2.73 bits per heavy atom. The normalized spacial score (nSPS) is 39.0. The molecule has 0 aromatic rings. The first-order valence-electron chi connectivity index (χ1n) is 3.88. The molecule has 1 aliphatic heterocycles. The molecule has 0 radical (unpaired) electrons. The van der Waals surface area contributed by atoms with Crippen LogP contribution in [0.15, 0.2) is 0 Å². The number of rotatable bonds is 2. The number of aliphatic hydroxyl groups excluding tert-OH is 2. The molecule has 4 heteroatoms. The SMILES string of the molecule is O[C@@H]1[C@@H](CCF)CNC[C@H]1O. The highest BCUT2D eigenvalue weighted by atomic mass is 19.1. The van der Waals surface area contributed by atoms with E-state index in [4.69, 9.17) is 5.11 Å². The number of hydrogen-bond acceptors (Lipinski definition) is 3. The van der Waals surface area contributed by atoms with Gasteiger partial charge in [0, 0.05) is 19.0 Å². The molecular formula is C7H14FNO2. The lowest BCUT2D eigenvalue weighted by atomic mass is 9.92. The Morgan fingerprint density at radius 2 is 2.09 bits per heavy atom. The Bertz CT molecular complexity index is 121. The minimum absolute atomic E-state index is 0.135. The fourth-order valence-electron chi connectivity index (χ4n) is 1.39. The third-order valence-electron chi connectivity index (χ3n) is 2.12. The Kier molecular flexibility index (Phi) is 3.23. The van der Waals surface area contributed by atoms with Crippen LogP contribution >= 0.6 is 0 Å². The molecule has 1 heterocycles. The summed E-state index contributed by atoms with van der Waals surface area (Å²) in [6, 6.07) is 0. The molecule has 1 saturated heterocycles. The quantitative estimate of drug-likeness (QED) is 0.504. The zero-order valence-corrected chi connectivity index (χ0v) is 6.33. The lowest BCUT2D eigenvalue weighted by Gasteiger charge is -2.31. The number of alkyl halides is 1. The number of hydrogen-bond donors (Lipinski definition) is 3. The molecule has 0 aromatic heterocycles. The van der Waals surface area contributed by atoms with Gasteiger partial charge >= 0.3 is 0 Å². The van der Waals surface area contributed by atoms with Crippen molar-refractivity contribution in [1.82, 2.24) is 5.32 Å². The fourth-order valence-corrected chi connectivity index (χ4v) is 1.39. The fraction of sp³-hybridized carbons (Fsp3) is 1.00. The van der Waals surface area contributed by atoms with Crippen LogP contribution in [-0.4, -0.2) is 42.2 Å². The van der Waals surface area contributed by atoms with Crippen molar-refractivity contribution in [3.8, 4) is 0 Å². The summed E-state index contributed by atoms with van der Waals surface area (Å²) in [5.41, 5.74) is 0.